The minimum atomic E-state index is 0.944. The van der Waals surface area contributed by atoms with Crippen LogP contribution in [0.3, 0.4) is 0 Å². The molecular formula is C14H19N. The average Bonchev–Trinajstić information content (AvgIpc) is 2.31. The molecule has 0 spiro atoms. The Morgan fingerprint density at radius 2 is 1.80 bits per heavy atom. The van der Waals surface area contributed by atoms with Crippen LogP contribution >= 0.6 is 0 Å². The zero-order chi connectivity index (χ0) is 10.5. The van der Waals surface area contributed by atoms with Crippen LogP contribution in [0.25, 0.3) is 0 Å². The van der Waals surface area contributed by atoms with Crippen molar-refractivity contribution in [3.8, 4) is 0 Å². The second kappa shape index (κ2) is 5.11. The number of hydrogen-bond acceptors (Lipinski definition) is 1. The van der Waals surface area contributed by atoms with Gasteiger partial charge in [-0.2, -0.15) is 0 Å². The van der Waals surface area contributed by atoms with Crippen molar-refractivity contribution in [2.45, 2.75) is 39.0 Å². The minimum absolute atomic E-state index is 0.944. The molecule has 0 atom stereocenters. The highest BCUT2D eigenvalue weighted by Crippen LogP contribution is 2.26. The molecule has 0 saturated heterocycles. The van der Waals surface area contributed by atoms with Crippen LogP contribution in [0.5, 0.6) is 0 Å². The molecular weight excluding hydrogens is 182 g/mol. The highest BCUT2D eigenvalue weighted by molar-refractivity contribution is 5.87. The maximum Gasteiger partial charge on any atom is 0.0629 e. The van der Waals surface area contributed by atoms with Crippen molar-refractivity contribution in [3.05, 3.63) is 30.3 Å². The van der Waals surface area contributed by atoms with Gasteiger partial charge in [-0.15, -0.1) is 0 Å². The van der Waals surface area contributed by atoms with Crippen LogP contribution in [-0.2, 0) is 0 Å². The summed E-state index contributed by atoms with van der Waals surface area (Å²) in [5.41, 5.74) is 2.51. The quantitative estimate of drug-likeness (QED) is 0.674. The van der Waals surface area contributed by atoms with Crippen LogP contribution in [0.15, 0.2) is 35.3 Å². The van der Waals surface area contributed by atoms with Crippen LogP contribution < -0.4 is 0 Å². The van der Waals surface area contributed by atoms with Crippen molar-refractivity contribution in [1.82, 2.24) is 0 Å². The van der Waals surface area contributed by atoms with E-state index in [0.717, 1.165) is 11.6 Å². The van der Waals surface area contributed by atoms with Gasteiger partial charge in [-0.05, 0) is 43.7 Å². The second-order valence-electron chi connectivity index (χ2n) is 4.37. The van der Waals surface area contributed by atoms with Crippen LogP contribution in [0.1, 0.15) is 39.0 Å². The van der Waals surface area contributed by atoms with E-state index in [-0.39, 0.29) is 0 Å². The minimum Gasteiger partial charge on any atom is -0.258 e. The van der Waals surface area contributed by atoms with E-state index >= 15 is 0 Å². The Hall–Kier alpha value is -1.11. The standard InChI is InChI=1S/C14H19N/c1-2-12-8-10-14(11-9-12)15-13-6-4-3-5-7-13/h3-7,12H,2,8-11H2,1H3. The van der Waals surface area contributed by atoms with Crippen molar-refractivity contribution in [3.63, 3.8) is 0 Å². The summed E-state index contributed by atoms with van der Waals surface area (Å²) in [6, 6.07) is 10.3. The number of aliphatic imine (C=N–C) groups is 1. The summed E-state index contributed by atoms with van der Waals surface area (Å²) in [4.78, 5) is 4.70. The van der Waals surface area contributed by atoms with E-state index in [1.54, 1.807) is 0 Å². The Kier molecular flexibility index (Phi) is 3.54. The lowest BCUT2D eigenvalue weighted by atomic mass is 9.86. The van der Waals surface area contributed by atoms with E-state index < -0.39 is 0 Å². The maximum absolute atomic E-state index is 4.70. The average molecular weight is 201 g/mol. The lowest BCUT2D eigenvalue weighted by Gasteiger charge is -2.21. The smallest absolute Gasteiger partial charge is 0.0629 e. The molecule has 0 unspecified atom stereocenters. The third-order valence-corrected chi connectivity index (χ3v) is 3.30. The van der Waals surface area contributed by atoms with Crippen LogP contribution in [-0.4, -0.2) is 5.71 Å². The van der Waals surface area contributed by atoms with Gasteiger partial charge in [-0.25, -0.2) is 0 Å². The first-order valence-corrected chi connectivity index (χ1v) is 6.00. The molecule has 0 radical (unpaired) electrons. The molecule has 1 aromatic rings. The number of rotatable bonds is 2. The highest BCUT2D eigenvalue weighted by atomic mass is 14.7. The van der Waals surface area contributed by atoms with E-state index in [4.69, 9.17) is 4.99 Å². The first-order chi connectivity index (χ1) is 7.38. The van der Waals surface area contributed by atoms with Gasteiger partial charge in [0.1, 0.15) is 0 Å². The lowest BCUT2D eigenvalue weighted by molar-refractivity contribution is 0.429. The van der Waals surface area contributed by atoms with E-state index in [1.165, 1.54) is 37.8 Å². The van der Waals surface area contributed by atoms with Crippen LogP contribution in [0.4, 0.5) is 5.69 Å². The summed E-state index contributed by atoms with van der Waals surface area (Å²) in [6.07, 6.45) is 6.41. The predicted octanol–water partition coefficient (Wildman–Crippen LogP) is 4.36. The van der Waals surface area contributed by atoms with Gasteiger partial charge in [-0.1, -0.05) is 31.5 Å². The summed E-state index contributed by atoms with van der Waals surface area (Å²) < 4.78 is 0. The molecule has 0 bridgehead atoms. The Morgan fingerprint density at radius 3 is 2.40 bits per heavy atom. The van der Waals surface area contributed by atoms with Crippen molar-refractivity contribution in [1.29, 1.82) is 0 Å². The summed E-state index contributed by atoms with van der Waals surface area (Å²) in [6.45, 7) is 2.30. The molecule has 1 saturated carbocycles. The molecule has 0 aromatic heterocycles. The van der Waals surface area contributed by atoms with Gasteiger partial charge in [0.25, 0.3) is 0 Å². The fourth-order valence-electron chi connectivity index (χ4n) is 2.22. The molecule has 2 rings (SSSR count). The van der Waals surface area contributed by atoms with Crippen molar-refractivity contribution >= 4 is 11.4 Å². The molecule has 0 aliphatic heterocycles. The Balaban J connectivity index is 1.98. The summed E-state index contributed by atoms with van der Waals surface area (Å²) >= 11 is 0. The van der Waals surface area contributed by atoms with Gasteiger partial charge in [0.2, 0.25) is 0 Å². The predicted molar refractivity (Wildman–Crippen MR) is 65.8 cm³/mol. The number of nitrogens with zero attached hydrogens (tertiary/aromatic N) is 1. The fourth-order valence-corrected chi connectivity index (χ4v) is 2.22. The first-order valence-electron chi connectivity index (χ1n) is 6.00. The molecule has 0 heterocycles. The van der Waals surface area contributed by atoms with Gasteiger partial charge < -0.3 is 0 Å². The maximum atomic E-state index is 4.70. The van der Waals surface area contributed by atoms with E-state index in [0.29, 0.717) is 0 Å². The highest BCUT2D eigenvalue weighted by Gasteiger charge is 2.15. The molecule has 80 valence electrons. The van der Waals surface area contributed by atoms with Crippen LogP contribution in [0, 0.1) is 5.92 Å². The normalized spacial score (nSPS) is 21.4. The number of hydrogen-bond donors (Lipinski definition) is 0. The molecule has 1 aliphatic rings. The molecule has 15 heavy (non-hydrogen) atoms. The van der Waals surface area contributed by atoms with Gasteiger partial charge >= 0.3 is 0 Å². The summed E-state index contributed by atoms with van der Waals surface area (Å²) in [7, 11) is 0. The molecule has 1 aliphatic carbocycles. The van der Waals surface area contributed by atoms with Gasteiger partial charge in [0.05, 0.1) is 5.69 Å². The Bertz CT molecular complexity index is 316. The molecule has 0 N–H and O–H groups in total. The summed E-state index contributed by atoms with van der Waals surface area (Å²) in [5.74, 6) is 0.944. The first kappa shape index (κ1) is 10.4. The van der Waals surface area contributed by atoms with E-state index in [1.807, 2.05) is 6.07 Å². The Labute approximate surface area is 92.2 Å². The largest absolute Gasteiger partial charge is 0.258 e. The van der Waals surface area contributed by atoms with Gasteiger partial charge in [0, 0.05) is 5.71 Å². The van der Waals surface area contributed by atoms with Gasteiger partial charge in [-0.3, -0.25) is 4.99 Å². The summed E-state index contributed by atoms with van der Waals surface area (Å²) in [5, 5.41) is 0. The SMILES string of the molecule is CCC1CCC(=Nc2ccccc2)CC1. The van der Waals surface area contributed by atoms with E-state index in [2.05, 4.69) is 31.2 Å². The van der Waals surface area contributed by atoms with Crippen molar-refractivity contribution in [2.75, 3.05) is 0 Å². The zero-order valence-corrected chi connectivity index (χ0v) is 9.45. The van der Waals surface area contributed by atoms with Crippen LogP contribution in [0.2, 0.25) is 0 Å². The lowest BCUT2D eigenvalue weighted by Crippen LogP contribution is -2.13. The fraction of sp³-hybridized carbons (Fsp3) is 0.500. The Morgan fingerprint density at radius 1 is 1.13 bits per heavy atom. The van der Waals surface area contributed by atoms with Gasteiger partial charge in [0.15, 0.2) is 0 Å². The zero-order valence-electron chi connectivity index (χ0n) is 9.45. The molecule has 1 heteroatoms. The molecule has 1 nitrogen and oxygen atoms in total. The monoisotopic (exact) mass is 201 g/mol. The van der Waals surface area contributed by atoms with Crippen molar-refractivity contribution in [2.24, 2.45) is 10.9 Å². The molecule has 1 aromatic carbocycles. The van der Waals surface area contributed by atoms with E-state index in [9.17, 15) is 0 Å². The van der Waals surface area contributed by atoms with Crippen molar-refractivity contribution < 1.29 is 0 Å². The second-order valence-corrected chi connectivity index (χ2v) is 4.37. The third-order valence-electron chi connectivity index (χ3n) is 3.30. The number of para-hydroxylation sites is 1. The topological polar surface area (TPSA) is 12.4 Å². The third kappa shape index (κ3) is 2.92. The molecule has 0 amide bonds. The molecule has 1 fully saturated rings. The number of benzene rings is 1.